The molecule has 0 radical (unpaired) electrons. The van der Waals surface area contributed by atoms with E-state index in [1.165, 1.54) is 18.2 Å². The molecule has 4 nitrogen and oxygen atoms in total. The van der Waals surface area contributed by atoms with Crippen molar-refractivity contribution in [2.24, 2.45) is 4.99 Å². The lowest BCUT2D eigenvalue weighted by Crippen LogP contribution is -2.01. The van der Waals surface area contributed by atoms with E-state index < -0.39 is 12.6 Å². The zero-order valence-corrected chi connectivity index (χ0v) is 9.39. The van der Waals surface area contributed by atoms with Gasteiger partial charge in [-0.3, -0.25) is 0 Å². The normalized spacial score (nSPS) is 17.0. The van der Waals surface area contributed by atoms with E-state index in [0.717, 1.165) is 0 Å². The lowest BCUT2D eigenvalue weighted by Gasteiger charge is -2.03. The van der Waals surface area contributed by atoms with E-state index in [0.29, 0.717) is 5.56 Å². The minimum atomic E-state index is -2.86. The van der Waals surface area contributed by atoms with Crippen LogP contribution in [0.3, 0.4) is 0 Å². The van der Waals surface area contributed by atoms with E-state index in [2.05, 4.69) is 9.73 Å². The smallest absolute Gasteiger partial charge is 0.387 e. The van der Waals surface area contributed by atoms with Crippen LogP contribution in [0.15, 0.2) is 35.0 Å². The van der Waals surface area contributed by atoms with Gasteiger partial charge in [-0.1, -0.05) is 12.1 Å². The van der Waals surface area contributed by atoms with Gasteiger partial charge in [0.15, 0.2) is 11.6 Å². The van der Waals surface area contributed by atoms with Crippen LogP contribution in [0, 0.1) is 0 Å². The highest BCUT2D eigenvalue weighted by Crippen LogP contribution is 2.19. The minimum absolute atomic E-state index is 0.0563. The number of halogens is 2. The first kappa shape index (κ1) is 12.2. The molecular weight excluding hydrogens is 244 g/mol. The minimum Gasteiger partial charge on any atom is -0.435 e. The third-order valence-electron chi connectivity index (χ3n) is 2.14. The molecule has 94 valence electrons. The fraction of sp³-hybridized carbons (Fsp3) is 0.167. The van der Waals surface area contributed by atoms with Crippen LogP contribution in [-0.4, -0.2) is 18.5 Å². The summed E-state index contributed by atoms with van der Waals surface area (Å²) < 4.78 is 32.8. The van der Waals surface area contributed by atoms with Gasteiger partial charge in [-0.15, -0.1) is 0 Å². The molecule has 1 aliphatic rings. The SMILES string of the molecule is CC1=N/C(=C\c2ccc(OC(F)F)cc2)C(=O)O1. The molecule has 2 rings (SSSR count). The number of hydrogen-bond acceptors (Lipinski definition) is 4. The van der Waals surface area contributed by atoms with Crippen LogP contribution in [-0.2, 0) is 9.53 Å². The average Bonchev–Trinajstić information content (AvgIpc) is 2.59. The highest BCUT2D eigenvalue weighted by Gasteiger charge is 2.19. The lowest BCUT2D eigenvalue weighted by atomic mass is 10.2. The van der Waals surface area contributed by atoms with Crippen molar-refractivity contribution < 1.29 is 23.0 Å². The molecule has 1 aromatic carbocycles. The van der Waals surface area contributed by atoms with Gasteiger partial charge in [0.25, 0.3) is 0 Å². The first-order valence-corrected chi connectivity index (χ1v) is 5.08. The molecule has 0 saturated carbocycles. The van der Waals surface area contributed by atoms with Gasteiger partial charge >= 0.3 is 12.6 Å². The third kappa shape index (κ3) is 2.91. The molecule has 0 aliphatic carbocycles. The highest BCUT2D eigenvalue weighted by molar-refractivity contribution is 6.06. The zero-order valence-electron chi connectivity index (χ0n) is 9.39. The van der Waals surface area contributed by atoms with Crippen LogP contribution in [0.1, 0.15) is 12.5 Å². The molecule has 18 heavy (non-hydrogen) atoms. The standard InChI is InChI=1S/C12H9F2NO3/c1-7-15-10(11(16)17-7)6-8-2-4-9(5-3-8)18-12(13)14/h2-6,12H,1H3/b10-6-. The number of cyclic esters (lactones) is 1. The second-order valence-electron chi connectivity index (χ2n) is 3.50. The van der Waals surface area contributed by atoms with E-state index in [4.69, 9.17) is 4.74 Å². The summed E-state index contributed by atoms with van der Waals surface area (Å²) >= 11 is 0. The molecule has 0 aromatic heterocycles. The summed E-state index contributed by atoms with van der Waals surface area (Å²) in [6.07, 6.45) is 1.50. The number of aliphatic imine (C=N–C) groups is 1. The summed E-state index contributed by atoms with van der Waals surface area (Å²) in [5, 5.41) is 0. The highest BCUT2D eigenvalue weighted by atomic mass is 19.3. The molecule has 0 spiro atoms. The Hall–Kier alpha value is -2.24. The van der Waals surface area contributed by atoms with Crippen molar-refractivity contribution >= 4 is 17.9 Å². The summed E-state index contributed by atoms with van der Waals surface area (Å²) in [6, 6.07) is 5.85. The molecule has 0 N–H and O–H groups in total. The number of carbonyl (C=O) groups excluding carboxylic acids is 1. The predicted octanol–water partition coefficient (Wildman–Crippen LogP) is 2.60. The number of hydrogen-bond donors (Lipinski definition) is 0. The molecular formula is C12H9F2NO3. The summed E-state index contributed by atoms with van der Waals surface area (Å²) in [7, 11) is 0. The predicted molar refractivity (Wildman–Crippen MR) is 60.3 cm³/mol. The molecule has 1 aliphatic heterocycles. The quantitative estimate of drug-likeness (QED) is 0.614. The Balaban J connectivity index is 2.16. The number of esters is 1. The van der Waals surface area contributed by atoms with E-state index in [9.17, 15) is 13.6 Å². The maximum atomic E-state index is 11.9. The Morgan fingerprint density at radius 2 is 2.00 bits per heavy atom. The monoisotopic (exact) mass is 253 g/mol. The molecule has 0 fully saturated rings. The van der Waals surface area contributed by atoms with Crippen LogP contribution in [0.4, 0.5) is 8.78 Å². The molecule has 1 heterocycles. The number of alkyl halides is 2. The molecule has 0 atom stereocenters. The van der Waals surface area contributed by atoms with Crippen molar-refractivity contribution in [2.75, 3.05) is 0 Å². The van der Waals surface area contributed by atoms with Crippen LogP contribution in [0.25, 0.3) is 6.08 Å². The second-order valence-corrected chi connectivity index (χ2v) is 3.50. The van der Waals surface area contributed by atoms with E-state index in [1.807, 2.05) is 0 Å². The van der Waals surface area contributed by atoms with Gasteiger partial charge < -0.3 is 9.47 Å². The maximum Gasteiger partial charge on any atom is 0.387 e. The van der Waals surface area contributed by atoms with Gasteiger partial charge in [-0.25, -0.2) is 9.79 Å². The summed E-state index contributed by atoms with van der Waals surface area (Å²) in [4.78, 5) is 15.2. The number of nitrogens with zero attached hydrogens (tertiary/aromatic N) is 1. The van der Waals surface area contributed by atoms with Gasteiger partial charge in [-0.05, 0) is 23.8 Å². The Bertz CT molecular complexity index is 521. The van der Waals surface area contributed by atoms with Gasteiger partial charge in [0.1, 0.15) is 5.75 Å². The van der Waals surface area contributed by atoms with Gasteiger partial charge in [0.2, 0.25) is 0 Å². The van der Waals surface area contributed by atoms with Crippen molar-refractivity contribution in [3.8, 4) is 5.75 Å². The maximum absolute atomic E-state index is 11.9. The van der Waals surface area contributed by atoms with Crippen molar-refractivity contribution in [3.05, 3.63) is 35.5 Å². The van der Waals surface area contributed by atoms with Crippen molar-refractivity contribution in [2.45, 2.75) is 13.5 Å². The van der Waals surface area contributed by atoms with Crippen LogP contribution < -0.4 is 4.74 Å². The van der Waals surface area contributed by atoms with Gasteiger partial charge in [0, 0.05) is 6.92 Å². The first-order valence-electron chi connectivity index (χ1n) is 5.08. The summed E-state index contributed by atoms with van der Waals surface area (Å²) in [5.74, 6) is -0.190. The Morgan fingerprint density at radius 3 is 2.50 bits per heavy atom. The number of carbonyl (C=O) groups is 1. The Kier molecular flexibility index (Phi) is 3.36. The topological polar surface area (TPSA) is 47.9 Å². The van der Waals surface area contributed by atoms with Crippen LogP contribution in [0.5, 0.6) is 5.75 Å². The molecule has 1 aromatic rings. The molecule has 0 amide bonds. The fourth-order valence-corrected chi connectivity index (χ4v) is 1.42. The zero-order chi connectivity index (χ0) is 13.1. The fourth-order valence-electron chi connectivity index (χ4n) is 1.42. The van der Waals surface area contributed by atoms with E-state index in [1.54, 1.807) is 19.1 Å². The number of rotatable bonds is 3. The summed E-state index contributed by atoms with van der Waals surface area (Å²) in [5.41, 5.74) is 0.817. The molecule has 0 unspecified atom stereocenters. The van der Waals surface area contributed by atoms with Crippen LogP contribution in [0.2, 0.25) is 0 Å². The van der Waals surface area contributed by atoms with Crippen molar-refractivity contribution in [1.29, 1.82) is 0 Å². The van der Waals surface area contributed by atoms with Gasteiger partial charge in [0.05, 0.1) is 0 Å². The molecule has 0 saturated heterocycles. The Morgan fingerprint density at radius 1 is 1.33 bits per heavy atom. The molecule has 6 heteroatoms. The largest absolute Gasteiger partial charge is 0.435 e. The van der Waals surface area contributed by atoms with Crippen molar-refractivity contribution in [1.82, 2.24) is 0 Å². The molecule has 0 bridgehead atoms. The lowest BCUT2D eigenvalue weighted by molar-refractivity contribution is -0.130. The summed E-state index contributed by atoms with van der Waals surface area (Å²) in [6.45, 7) is -1.29. The van der Waals surface area contributed by atoms with E-state index in [-0.39, 0.29) is 17.3 Å². The second kappa shape index (κ2) is 4.95. The number of ether oxygens (including phenoxy) is 2. The first-order chi connectivity index (χ1) is 8.54. The van der Waals surface area contributed by atoms with E-state index >= 15 is 0 Å². The van der Waals surface area contributed by atoms with Gasteiger partial charge in [-0.2, -0.15) is 8.78 Å². The Labute approximate surface area is 102 Å². The number of benzene rings is 1. The van der Waals surface area contributed by atoms with Crippen molar-refractivity contribution in [3.63, 3.8) is 0 Å². The van der Waals surface area contributed by atoms with Crippen LogP contribution >= 0.6 is 0 Å². The average molecular weight is 253 g/mol. The third-order valence-corrected chi connectivity index (χ3v) is 2.14.